The number of carbonyl (C=O) groups is 1. The maximum atomic E-state index is 10.9. The lowest BCUT2D eigenvalue weighted by Crippen LogP contribution is -2.31. The highest BCUT2D eigenvalue weighted by molar-refractivity contribution is 6.29. The molecule has 1 amide bonds. The highest BCUT2D eigenvalue weighted by Crippen LogP contribution is 2.12. The summed E-state index contributed by atoms with van der Waals surface area (Å²) in [6.07, 6.45) is 0. The largest absolute Gasteiger partial charge is 0.465 e. The van der Waals surface area contributed by atoms with Crippen LogP contribution in [0.1, 0.15) is 0 Å². The van der Waals surface area contributed by atoms with Crippen molar-refractivity contribution in [1.82, 2.24) is 5.32 Å². The number of likely N-dealkylation sites (N-methyl/N-ethyl adjacent to an activating group) is 1. The Kier molecular flexibility index (Phi) is 3.58. The Morgan fingerprint density at radius 1 is 1.46 bits per heavy atom. The number of para-hydroxylation sites is 1. The lowest BCUT2D eigenvalue weighted by molar-refractivity contribution is -0.124. The number of benzene rings is 1. The molecule has 1 aromatic rings. The van der Waals surface area contributed by atoms with E-state index in [4.69, 9.17) is 16.3 Å². The second-order valence-corrected chi connectivity index (χ2v) is 2.76. The van der Waals surface area contributed by atoms with E-state index in [9.17, 15) is 4.79 Å². The Morgan fingerprint density at radius 2 is 2.08 bits per heavy atom. The van der Waals surface area contributed by atoms with Gasteiger partial charge in [0.15, 0.2) is 0 Å². The van der Waals surface area contributed by atoms with Gasteiger partial charge in [0.2, 0.25) is 5.56 Å². The molecule has 0 saturated carbocycles. The summed E-state index contributed by atoms with van der Waals surface area (Å²) in [5.74, 6) is 0.219. The summed E-state index contributed by atoms with van der Waals surface area (Å²) in [5, 5.41) is 2.39. The monoisotopic (exact) mass is 199 g/mol. The molecule has 1 unspecified atom stereocenters. The minimum atomic E-state index is -0.979. The zero-order valence-electron chi connectivity index (χ0n) is 7.16. The van der Waals surface area contributed by atoms with Crippen molar-refractivity contribution < 1.29 is 9.53 Å². The number of amides is 1. The molecular formula is C9H10ClNO2. The van der Waals surface area contributed by atoms with Gasteiger partial charge in [0.05, 0.1) is 0 Å². The molecule has 1 rings (SSSR count). The Bertz CT molecular complexity index is 276. The van der Waals surface area contributed by atoms with Crippen LogP contribution in [-0.2, 0) is 4.79 Å². The van der Waals surface area contributed by atoms with Crippen LogP contribution in [0.2, 0.25) is 0 Å². The Hall–Kier alpha value is -1.22. The number of alkyl halides is 1. The van der Waals surface area contributed by atoms with Gasteiger partial charge in [-0.2, -0.15) is 0 Å². The minimum absolute atomic E-state index is 0.356. The number of hydrogen-bond acceptors (Lipinski definition) is 2. The highest BCUT2D eigenvalue weighted by Gasteiger charge is 2.14. The molecule has 0 aromatic heterocycles. The molecule has 0 aliphatic heterocycles. The van der Waals surface area contributed by atoms with E-state index in [2.05, 4.69) is 5.32 Å². The van der Waals surface area contributed by atoms with E-state index in [0.29, 0.717) is 5.75 Å². The minimum Gasteiger partial charge on any atom is -0.465 e. The van der Waals surface area contributed by atoms with Gasteiger partial charge in [0, 0.05) is 7.05 Å². The van der Waals surface area contributed by atoms with Crippen molar-refractivity contribution in [1.29, 1.82) is 0 Å². The fourth-order valence-electron chi connectivity index (χ4n) is 0.786. The van der Waals surface area contributed by atoms with Gasteiger partial charge < -0.3 is 10.1 Å². The normalized spacial score (nSPS) is 11.8. The average Bonchev–Trinajstić information content (AvgIpc) is 2.18. The van der Waals surface area contributed by atoms with Crippen LogP contribution in [0.15, 0.2) is 30.3 Å². The molecule has 13 heavy (non-hydrogen) atoms. The zero-order valence-corrected chi connectivity index (χ0v) is 7.91. The highest BCUT2D eigenvalue weighted by atomic mass is 35.5. The van der Waals surface area contributed by atoms with E-state index in [0.717, 1.165) is 0 Å². The van der Waals surface area contributed by atoms with E-state index in [1.54, 1.807) is 12.1 Å². The van der Waals surface area contributed by atoms with Crippen LogP contribution in [0.5, 0.6) is 5.75 Å². The first-order valence-corrected chi connectivity index (χ1v) is 4.25. The first kappa shape index (κ1) is 9.86. The van der Waals surface area contributed by atoms with Gasteiger partial charge in [0.1, 0.15) is 5.75 Å². The van der Waals surface area contributed by atoms with Crippen molar-refractivity contribution in [2.45, 2.75) is 5.56 Å². The van der Waals surface area contributed by atoms with E-state index in [1.165, 1.54) is 7.05 Å². The van der Waals surface area contributed by atoms with Crippen molar-refractivity contribution in [3.63, 3.8) is 0 Å². The van der Waals surface area contributed by atoms with Gasteiger partial charge in [-0.3, -0.25) is 4.79 Å². The lowest BCUT2D eigenvalue weighted by atomic mass is 10.3. The molecule has 70 valence electrons. The van der Waals surface area contributed by atoms with Crippen molar-refractivity contribution in [2.24, 2.45) is 0 Å². The summed E-state index contributed by atoms with van der Waals surface area (Å²) in [5.41, 5.74) is -0.979. The fourth-order valence-corrected chi connectivity index (χ4v) is 0.998. The number of carbonyl (C=O) groups excluding carboxylic acids is 1. The van der Waals surface area contributed by atoms with E-state index in [1.807, 2.05) is 18.2 Å². The smallest absolute Gasteiger partial charge is 0.276 e. The zero-order chi connectivity index (χ0) is 9.68. The third kappa shape index (κ3) is 2.95. The molecule has 3 nitrogen and oxygen atoms in total. The Balaban J connectivity index is 2.55. The third-order valence-corrected chi connectivity index (χ3v) is 1.72. The first-order valence-electron chi connectivity index (χ1n) is 3.81. The van der Waals surface area contributed by atoms with Gasteiger partial charge >= 0.3 is 0 Å². The fraction of sp³-hybridized carbons (Fsp3) is 0.222. The van der Waals surface area contributed by atoms with Crippen LogP contribution in [-0.4, -0.2) is 18.5 Å². The van der Waals surface area contributed by atoms with Gasteiger partial charge in [-0.15, -0.1) is 0 Å². The predicted molar refractivity (Wildman–Crippen MR) is 50.8 cm³/mol. The standard InChI is InChI=1S/C9H10ClNO2/c1-11-9(12)8(10)13-7-5-3-2-4-6-7/h2-6,8H,1H3,(H,11,12). The maximum Gasteiger partial charge on any atom is 0.276 e. The molecule has 1 N–H and O–H groups in total. The molecule has 0 saturated heterocycles. The molecule has 0 aliphatic carbocycles. The second kappa shape index (κ2) is 4.72. The topological polar surface area (TPSA) is 38.3 Å². The first-order chi connectivity index (χ1) is 6.24. The molecule has 0 radical (unpaired) electrons. The van der Waals surface area contributed by atoms with Gasteiger partial charge in [-0.1, -0.05) is 29.8 Å². The van der Waals surface area contributed by atoms with E-state index >= 15 is 0 Å². The van der Waals surface area contributed by atoms with Gasteiger partial charge in [0.25, 0.3) is 5.91 Å². The molecule has 0 aliphatic rings. The molecule has 0 fully saturated rings. The summed E-state index contributed by atoms with van der Waals surface area (Å²) < 4.78 is 5.12. The third-order valence-electron chi connectivity index (χ3n) is 1.44. The number of nitrogens with one attached hydrogen (secondary N) is 1. The van der Waals surface area contributed by atoms with Crippen LogP contribution in [0.3, 0.4) is 0 Å². The average molecular weight is 200 g/mol. The summed E-state index contributed by atoms with van der Waals surface area (Å²) in [6.45, 7) is 0. The van der Waals surface area contributed by atoms with Gasteiger partial charge in [-0.05, 0) is 12.1 Å². The molecule has 4 heteroatoms. The molecule has 1 aromatic carbocycles. The lowest BCUT2D eigenvalue weighted by Gasteiger charge is -2.10. The van der Waals surface area contributed by atoms with Gasteiger partial charge in [-0.25, -0.2) is 0 Å². The molecule has 0 heterocycles. The Labute approximate surface area is 81.7 Å². The number of halogens is 1. The molecular weight excluding hydrogens is 190 g/mol. The SMILES string of the molecule is CNC(=O)C(Cl)Oc1ccccc1. The van der Waals surface area contributed by atoms with Crippen molar-refractivity contribution in [3.8, 4) is 5.75 Å². The summed E-state index contributed by atoms with van der Waals surface area (Å²) in [6, 6.07) is 8.94. The molecule has 0 bridgehead atoms. The van der Waals surface area contributed by atoms with Crippen LogP contribution in [0.25, 0.3) is 0 Å². The summed E-state index contributed by atoms with van der Waals surface area (Å²) >= 11 is 5.63. The summed E-state index contributed by atoms with van der Waals surface area (Å²) in [4.78, 5) is 10.9. The van der Waals surface area contributed by atoms with Crippen molar-refractivity contribution in [3.05, 3.63) is 30.3 Å². The maximum absolute atomic E-state index is 10.9. The van der Waals surface area contributed by atoms with Crippen LogP contribution < -0.4 is 10.1 Å². The Morgan fingerprint density at radius 3 is 2.62 bits per heavy atom. The molecule has 0 spiro atoms. The van der Waals surface area contributed by atoms with Crippen LogP contribution in [0.4, 0.5) is 0 Å². The summed E-state index contributed by atoms with van der Waals surface area (Å²) in [7, 11) is 1.51. The van der Waals surface area contributed by atoms with Crippen molar-refractivity contribution >= 4 is 17.5 Å². The van der Waals surface area contributed by atoms with E-state index in [-0.39, 0.29) is 5.91 Å². The predicted octanol–water partition coefficient (Wildman–Crippen LogP) is 1.38. The van der Waals surface area contributed by atoms with Crippen LogP contribution >= 0.6 is 11.6 Å². The second-order valence-electron chi connectivity index (χ2n) is 2.36. The number of ether oxygens (including phenoxy) is 1. The van der Waals surface area contributed by atoms with Crippen LogP contribution in [0, 0.1) is 0 Å². The van der Waals surface area contributed by atoms with E-state index < -0.39 is 5.56 Å². The quantitative estimate of drug-likeness (QED) is 0.747. The number of hydrogen-bond donors (Lipinski definition) is 1. The van der Waals surface area contributed by atoms with Crippen molar-refractivity contribution in [2.75, 3.05) is 7.05 Å². The molecule has 1 atom stereocenters. The number of rotatable bonds is 3.